The van der Waals surface area contributed by atoms with Gasteiger partial charge in [0.05, 0.1) is 13.0 Å². The molecule has 0 saturated heterocycles. The van der Waals surface area contributed by atoms with Gasteiger partial charge in [0.1, 0.15) is 0 Å². The summed E-state index contributed by atoms with van der Waals surface area (Å²) in [6.07, 6.45) is -0.552. The first-order valence-electron chi connectivity index (χ1n) is 3.84. The number of ether oxygens (including phenoxy) is 1. The number of hydrogen-bond donors (Lipinski definition) is 1. The molecule has 1 unspecified atom stereocenters. The van der Waals surface area contributed by atoms with Gasteiger partial charge in [0.15, 0.2) is 6.16 Å². The quantitative estimate of drug-likeness (QED) is 0.384. The minimum atomic E-state index is -1.77. The van der Waals surface area contributed by atoms with E-state index in [1.54, 1.807) is 6.92 Å². The predicted octanol–water partition coefficient (Wildman–Crippen LogP) is 0.286. The summed E-state index contributed by atoms with van der Waals surface area (Å²) in [5.74, 6) is -1.59. The smallest absolute Gasteiger partial charge is 0.374 e. The summed E-state index contributed by atoms with van der Waals surface area (Å²) in [7, 11) is -1.77. The average Bonchev–Trinajstić information content (AvgIpc) is 2.13. The Labute approximate surface area is 76.9 Å². The summed E-state index contributed by atoms with van der Waals surface area (Å²) >= 11 is 0. The van der Waals surface area contributed by atoms with Crippen LogP contribution < -0.4 is 0 Å². The van der Waals surface area contributed by atoms with Gasteiger partial charge in [-0.1, -0.05) is 4.57 Å². The minimum Gasteiger partial charge on any atom is -0.460 e. The molecule has 0 fully saturated rings. The molecular formula is C7H12O5P+. The van der Waals surface area contributed by atoms with Crippen molar-refractivity contribution < 1.29 is 24.0 Å². The van der Waals surface area contributed by atoms with E-state index in [2.05, 4.69) is 4.74 Å². The SMILES string of the molecule is CCOC(=O)C(=O)CC[P+](=O)CO. The molecule has 5 nitrogen and oxygen atoms in total. The summed E-state index contributed by atoms with van der Waals surface area (Å²) in [6.45, 7) is 1.75. The van der Waals surface area contributed by atoms with Crippen LogP contribution in [0, 0.1) is 0 Å². The van der Waals surface area contributed by atoms with Gasteiger partial charge in [-0.25, -0.2) is 4.79 Å². The number of ketones is 1. The molecule has 0 radical (unpaired) electrons. The first kappa shape index (κ1) is 12.2. The van der Waals surface area contributed by atoms with Gasteiger partial charge in [-0.15, -0.1) is 0 Å². The van der Waals surface area contributed by atoms with Crippen molar-refractivity contribution in [2.24, 2.45) is 0 Å². The normalized spacial score (nSPS) is 10.8. The molecule has 1 atom stereocenters. The number of rotatable bonds is 6. The van der Waals surface area contributed by atoms with Crippen molar-refractivity contribution in [1.29, 1.82) is 0 Å². The number of esters is 1. The predicted molar refractivity (Wildman–Crippen MR) is 45.8 cm³/mol. The molecule has 0 aromatic heterocycles. The molecule has 0 spiro atoms. The van der Waals surface area contributed by atoms with E-state index in [-0.39, 0.29) is 19.2 Å². The molecule has 6 heteroatoms. The topological polar surface area (TPSA) is 80.7 Å². The fraction of sp³-hybridized carbons (Fsp3) is 0.714. The third-order valence-electron chi connectivity index (χ3n) is 1.25. The van der Waals surface area contributed by atoms with E-state index >= 15 is 0 Å². The third kappa shape index (κ3) is 5.44. The van der Waals surface area contributed by atoms with Crippen LogP contribution in [0.5, 0.6) is 0 Å². The maximum absolute atomic E-state index is 10.9. The molecule has 0 bridgehead atoms. The van der Waals surface area contributed by atoms with Crippen LogP contribution in [0.1, 0.15) is 13.3 Å². The summed E-state index contributed by atoms with van der Waals surface area (Å²) in [6, 6.07) is 0. The molecule has 0 amide bonds. The van der Waals surface area contributed by atoms with Crippen molar-refractivity contribution in [3.63, 3.8) is 0 Å². The Hall–Kier alpha value is -0.800. The zero-order chi connectivity index (χ0) is 10.3. The summed E-state index contributed by atoms with van der Waals surface area (Å²) < 4.78 is 15.1. The first-order chi connectivity index (χ1) is 6.11. The molecule has 1 N–H and O–H groups in total. The van der Waals surface area contributed by atoms with Crippen molar-refractivity contribution in [3.05, 3.63) is 0 Å². The average molecular weight is 207 g/mol. The van der Waals surface area contributed by atoms with Crippen molar-refractivity contribution in [2.75, 3.05) is 19.1 Å². The highest BCUT2D eigenvalue weighted by molar-refractivity contribution is 7.44. The number of aliphatic hydroxyl groups excluding tert-OH is 1. The zero-order valence-electron chi connectivity index (χ0n) is 7.36. The second-order valence-corrected chi connectivity index (χ2v) is 3.93. The summed E-state index contributed by atoms with van der Waals surface area (Å²) in [4.78, 5) is 21.6. The molecule has 0 aliphatic heterocycles. The lowest BCUT2D eigenvalue weighted by Crippen LogP contribution is -2.17. The zero-order valence-corrected chi connectivity index (χ0v) is 8.25. The van der Waals surface area contributed by atoms with Crippen LogP contribution in [0.3, 0.4) is 0 Å². The van der Waals surface area contributed by atoms with Gasteiger partial charge in [-0.2, -0.15) is 0 Å². The van der Waals surface area contributed by atoms with E-state index in [9.17, 15) is 14.2 Å². The van der Waals surface area contributed by atoms with Crippen molar-refractivity contribution in [1.82, 2.24) is 0 Å². The van der Waals surface area contributed by atoms with Crippen molar-refractivity contribution in [2.45, 2.75) is 13.3 Å². The standard InChI is InChI=1S/C7H12O5P/c1-2-12-7(10)6(9)3-4-13(11)5-8/h8H,2-5H2,1H3/q+1. The number of carbonyl (C=O) groups excluding carboxylic acids is 2. The van der Waals surface area contributed by atoms with Crippen LogP contribution in [-0.4, -0.2) is 36.0 Å². The summed E-state index contributed by atoms with van der Waals surface area (Å²) in [5, 5.41) is 8.38. The fourth-order valence-electron chi connectivity index (χ4n) is 0.611. The lowest BCUT2D eigenvalue weighted by atomic mass is 10.3. The second-order valence-electron chi connectivity index (χ2n) is 2.24. The van der Waals surface area contributed by atoms with Gasteiger partial charge in [-0.05, 0) is 6.92 Å². The van der Waals surface area contributed by atoms with E-state index in [4.69, 9.17) is 5.11 Å². The minimum absolute atomic E-state index is 0.0312. The van der Waals surface area contributed by atoms with Crippen LogP contribution in [-0.2, 0) is 18.9 Å². The number of aliphatic hydroxyl groups is 1. The van der Waals surface area contributed by atoms with E-state index in [0.717, 1.165) is 0 Å². The van der Waals surface area contributed by atoms with E-state index in [1.165, 1.54) is 0 Å². The van der Waals surface area contributed by atoms with Crippen molar-refractivity contribution >= 4 is 19.6 Å². The molecule has 0 heterocycles. The first-order valence-corrected chi connectivity index (χ1v) is 5.47. The second kappa shape index (κ2) is 6.69. The molecule has 0 aliphatic rings. The van der Waals surface area contributed by atoms with Crippen LogP contribution >= 0.6 is 7.80 Å². The Morgan fingerprint density at radius 3 is 2.54 bits per heavy atom. The fourth-order valence-corrected chi connectivity index (χ4v) is 1.20. The monoisotopic (exact) mass is 207 g/mol. The van der Waals surface area contributed by atoms with Gasteiger partial charge in [0, 0.05) is 0 Å². The summed E-state index contributed by atoms with van der Waals surface area (Å²) in [5.41, 5.74) is 0. The number of hydrogen-bond acceptors (Lipinski definition) is 5. The van der Waals surface area contributed by atoms with Crippen LogP contribution in [0.15, 0.2) is 0 Å². The van der Waals surface area contributed by atoms with E-state index in [0.29, 0.717) is 0 Å². The molecule has 0 rings (SSSR count). The van der Waals surface area contributed by atoms with E-state index < -0.39 is 25.9 Å². The molecule has 0 aromatic carbocycles. The van der Waals surface area contributed by atoms with Crippen LogP contribution in [0.2, 0.25) is 0 Å². The Balaban J connectivity index is 3.74. The van der Waals surface area contributed by atoms with Crippen LogP contribution in [0.25, 0.3) is 0 Å². The van der Waals surface area contributed by atoms with Gasteiger partial charge < -0.3 is 9.84 Å². The largest absolute Gasteiger partial charge is 0.460 e. The molecular weight excluding hydrogens is 195 g/mol. The number of carbonyl (C=O) groups is 2. The highest BCUT2D eigenvalue weighted by Crippen LogP contribution is 2.18. The van der Waals surface area contributed by atoms with Gasteiger partial charge in [-0.3, -0.25) is 4.79 Å². The van der Waals surface area contributed by atoms with Gasteiger partial charge in [0.2, 0.25) is 12.1 Å². The van der Waals surface area contributed by atoms with Crippen molar-refractivity contribution in [3.8, 4) is 0 Å². The molecule has 13 heavy (non-hydrogen) atoms. The maximum atomic E-state index is 10.9. The van der Waals surface area contributed by atoms with Gasteiger partial charge in [0.25, 0.3) is 0 Å². The molecule has 0 saturated carbocycles. The highest BCUT2D eigenvalue weighted by atomic mass is 31.1. The Bertz CT molecular complexity index is 213. The third-order valence-corrected chi connectivity index (χ3v) is 2.29. The molecule has 0 aromatic rings. The Kier molecular flexibility index (Phi) is 6.28. The number of Topliss-reactive ketones (excluding diaryl/α,β-unsaturated/α-hetero) is 1. The highest BCUT2D eigenvalue weighted by Gasteiger charge is 2.20. The van der Waals surface area contributed by atoms with E-state index in [1.807, 2.05) is 0 Å². The van der Waals surface area contributed by atoms with Gasteiger partial charge >= 0.3 is 13.8 Å². The molecule has 0 aliphatic carbocycles. The molecule has 74 valence electrons. The Morgan fingerprint density at radius 1 is 1.46 bits per heavy atom. The lowest BCUT2D eigenvalue weighted by molar-refractivity contribution is -0.153. The maximum Gasteiger partial charge on any atom is 0.374 e. The lowest BCUT2D eigenvalue weighted by Gasteiger charge is -1.96. The Morgan fingerprint density at radius 2 is 2.08 bits per heavy atom. The van der Waals surface area contributed by atoms with Crippen LogP contribution in [0.4, 0.5) is 0 Å².